The maximum Gasteiger partial charge on any atom is 0.151 e. The van der Waals surface area contributed by atoms with Crippen LogP contribution in [0.25, 0.3) is 0 Å². The molecular formula is C12H20N2O2S2. The molecule has 2 rings (SSSR count). The molecule has 0 saturated carbocycles. The van der Waals surface area contributed by atoms with Gasteiger partial charge in [-0.25, -0.2) is 13.4 Å². The van der Waals surface area contributed by atoms with Gasteiger partial charge < -0.3 is 5.32 Å². The van der Waals surface area contributed by atoms with Gasteiger partial charge in [0.15, 0.2) is 9.84 Å². The predicted molar refractivity (Wildman–Crippen MR) is 74.7 cm³/mol. The molecule has 1 atom stereocenters. The van der Waals surface area contributed by atoms with Crippen molar-refractivity contribution in [2.24, 2.45) is 0 Å². The van der Waals surface area contributed by atoms with Gasteiger partial charge in [-0.2, -0.15) is 0 Å². The second kappa shape index (κ2) is 4.90. The monoisotopic (exact) mass is 288 g/mol. The van der Waals surface area contributed by atoms with Crippen molar-refractivity contribution in [2.75, 3.05) is 11.5 Å². The van der Waals surface area contributed by atoms with E-state index >= 15 is 0 Å². The fraction of sp³-hybridized carbons (Fsp3) is 0.750. The minimum Gasteiger partial charge on any atom is -0.307 e. The van der Waals surface area contributed by atoms with Gasteiger partial charge in [0, 0.05) is 23.4 Å². The molecular weight excluding hydrogens is 268 g/mol. The smallest absolute Gasteiger partial charge is 0.151 e. The quantitative estimate of drug-likeness (QED) is 0.920. The van der Waals surface area contributed by atoms with Gasteiger partial charge in [0.05, 0.1) is 22.2 Å². The van der Waals surface area contributed by atoms with Crippen LogP contribution in [0.2, 0.25) is 0 Å². The molecule has 1 N–H and O–H groups in total. The Balaban J connectivity index is 1.90. The first-order chi connectivity index (χ1) is 8.26. The average Bonchev–Trinajstić information content (AvgIpc) is 2.80. The van der Waals surface area contributed by atoms with Crippen molar-refractivity contribution < 1.29 is 8.42 Å². The highest BCUT2D eigenvalue weighted by molar-refractivity contribution is 7.91. The molecule has 6 heteroatoms. The topological polar surface area (TPSA) is 59.1 Å². The van der Waals surface area contributed by atoms with Crippen LogP contribution < -0.4 is 5.32 Å². The molecule has 0 amide bonds. The molecule has 0 spiro atoms. The molecule has 1 aliphatic heterocycles. The van der Waals surface area contributed by atoms with Crippen LogP contribution in [0.15, 0.2) is 5.38 Å². The number of hydrogen-bond donors (Lipinski definition) is 1. The van der Waals surface area contributed by atoms with Crippen LogP contribution in [0, 0.1) is 0 Å². The van der Waals surface area contributed by atoms with Gasteiger partial charge in [-0.1, -0.05) is 20.8 Å². The zero-order valence-electron chi connectivity index (χ0n) is 11.1. The molecule has 1 aromatic heterocycles. The largest absolute Gasteiger partial charge is 0.307 e. The summed E-state index contributed by atoms with van der Waals surface area (Å²) in [5.74, 6) is 0.582. The summed E-state index contributed by atoms with van der Waals surface area (Å²) in [6, 6.07) is 0.0924. The summed E-state index contributed by atoms with van der Waals surface area (Å²) < 4.78 is 22.7. The van der Waals surface area contributed by atoms with Gasteiger partial charge in [0.1, 0.15) is 0 Å². The highest BCUT2D eigenvalue weighted by atomic mass is 32.2. The average molecular weight is 288 g/mol. The number of aromatic nitrogens is 1. The first-order valence-corrected chi connectivity index (χ1v) is 8.85. The zero-order valence-corrected chi connectivity index (χ0v) is 12.7. The Labute approximate surface area is 113 Å². The van der Waals surface area contributed by atoms with Crippen LogP contribution >= 0.6 is 11.3 Å². The summed E-state index contributed by atoms with van der Waals surface area (Å²) >= 11 is 1.67. The Morgan fingerprint density at radius 2 is 2.22 bits per heavy atom. The van der Waals surface area contributed by atoms with Crippen molar-refractivity contribution in [2.45, 2.75) is 45.2 Å². The molecule has 0 aromatic carbocycles. The van der Waals surface area contributed by atoms with Gasteiger partial charge in [-0.3, -0.25) is 0 Å². The number of thiazole rings is 1. The molecule has 0 bridgehead atoms. The fourth-order valence-corrected chi connectivity index (χ4v) is 4.55. The molecule has 0 radical (unpaired) electrons. The lowest BCUT2D eigenvalue weighted by Gasteiger charge is -2.13. The van der Waals surface area contributed by atoms with Gasteiger partial charge in [-0.15, -0.1) is 11.3 Å². The Morgan fingerprint density at radius 1 is 1.50 bits per heavy atom. The third kappa shape index (κ3) is 3.52. The van der Waals surface area contributed by atoms with Gasteiger partial charge >= 0.3 is 0 Å². The molecule has 1 saturated heterocycles. The summed E-state index contributed by atoms with van der Waals surface area (Å²) in [6.45, 7) is 7.10. The van der Waals surface area contributed by atoms with Crippen molar-refractivity contribution in [1.29, 1.82) is 0 Å². The molecule has 4 nitrogen and oxygen atoms in total. The van der Waals surface area contributed by atoms with E-state index < -0.39 is 9.84 Å². The number of sulfone groups is 1. The van der Waals surface area contributed by atoms with Crippen molar-refractivity contribution in [3.63, 3.8) is 0 Å². The Kier molecular flexibility index (Phi) is 3.80. The van der Waals surface area contributed by atoms with Gasteiger partial charge in [0.25, 0.3) is 0 Å². The minimum atomic E-state index is -2.80. The molecule has 0 unspecified atom stereocenters. The maximum atomic E-state index is 11.3. The van der Waals surface area contributed by atoms with Crippen LogP contribution in [0.5, 0.6) is 0 Å². The highest BCUT2D eigenvalue weighted by Crippen LogP contribution is 2.25. The number of nitrogens with zero attached hydrogens (tertiary/aromatic N) is 1. The third-order valence-electron chi connectivity index (χ3n) is 3.00. The van der Waals surface area contributed by atoms with E-state index in [4.69, 9.17) is 0 Å². The molecule has 0 aliphatic carbocycles. The van der Waals surface area contributed by atoms with E-state index in [1.807, 2.05) is 0 Å². The van der Waals surface area contributed by atoms with Gasteiger partial charge in [-0.05, 0) is 6.42 Å². The maximum absolute atomic E-state index is 11.3. The van der Waals surface area contributed by atoms with Crippen molar-refractivity contribution in [3.8, 4) is 0 Å². The summed E-state index contributed by atoms with van der Waals surface area (Å²) in [5.41, 5.74) is 1.09. The van der Waals surface area contributed by atoms with Crippen LogP contribution in [0.4, 0.5) is 0 Å². The SMILES string of the molecule is CC(C)(C)c1nc(CN[C@H]2CCS(=O)(=O)C2)cs1. The van der Waals surface area contributed by atoms with Crippen LogP contribution in [0.1, 0.15) is 37.9 Å². The second-order valence-corrected chi connectivity index (χ2v) is 8.96. The van der Waals surface area contributed by atoms with E-state index in [0.29, 0.717) is 12.3 Å². The first-order valence-electron chi connectivity index (χ1n) is 6.15. The Bertz CT molecular complexity index is 514. The normalized spacial score (nSPS) is 23.4. The molecule has 2 heterocycles. The van der Waals surface area contributed by atoms with Crippen LogP contribution in [-0.2, 0) is 21.8 Å². The second-order valence-electron chi connectivity index (χ2n) is 5.87. The first kappa shape index (κ1) is 14.0. The number of hydrogen-bond acceptors (Lipinski definition) is 5. The van der Waals surface area contributed by atoms with Crippen molar-refractivity contribution in [3.05, 3.63) is 16.1 Å². The van der Waals surface area contributed by atoms with E-state index in [-0.39, 0.29) is 17.2 Å². The summed E-state index contributed by atoms with van der Waals surface area (Å²) in [4.78, 5) is 4.59. The summed E-state index contributed by atoms with van der Waals surface area (Å²) in [6.07, 6.45) is 0.721. The number of rotatable bonds is 3. The van der Waals surface area contributed by atoms with Crippen LogP contribution in [0.3, 0.4) is 0 Å². The van der Waals surface area contributed by atoms with E-state index in [2.05, 4.69) is 36.5 Å². The lowest BCUT2D eigenvalue weighted by atomic mass is 9.98. The standard InChI is InChI=1S/C12H20N2O2S2/c1-12(2,3)11-14-10(7-17-11)6-13-9-4-5-18(15,16)8-9/h7,9,13H,4-6,8H2,1-3H3/t9-/m0/s1. The van der Waals surface area contributed by atoms with E-state index in [1.165, 1.54) is 0 Å². The zero-order chi connectivity index (χ0) is 13.4. The Hall–Kier alpha value is -0.460. The minimum absolute atomic E-state index is 0.0830. The number of nitrogens with one attached hydrogen (secondary N) is 1. The summed E-state index contributed by atoms with van der Waals surface area (Å²) in [7, 11) is -2.80. The highest BCUT2D eigenvalue weighted by Gasteiger charge is 2.27. The van der Waals surface area contributed by atoms with Gasteiger partial charge in [0.2, 0.25) is 0 Å². The third-order valence-corrected chi connectivity index (χ3v) is 6.08. The Morgan fingerprint density at radius 3 is 2.72 bits per heavy atom. The van der Waals surface area contributed by atoms with E-state index in [1.54, 1.807) is 11.3 Å². The van der Waals surface area contributed by atoms with Crippen molar-refractivity contribution in [1.82, 2.24) is 10.3 Å². The molecule has 18 heavy (non-hydrogen) atoms. The summed E-state index contributed by atoms with van der Waals surface area (Å²) in [5, 5.41) is 6.46. The van der Waals surface area contributed by atoms with E-state index in [9.17, 15) is 8.42 Å². The molecule has 1 aliphatic rings. The van der Waals surface area contributed by atoms with Crippen molar-refractivity contribution >= 4 is 21.2 Å². The lowest BCUT2D eigenvalue weighted by Crippen LogP contribution is -2.29. The van der Waals surface area contributed by atoms with Crippen LogP contribution in [-0.4, -0.2) is 30.9 Å². The molecule has 1 aromatic rings. The fourth-order valence-electron chi connectivity index (χ4n) is 1.94. The lowest BCUT2D eigenvalue weighted by molar-refractivity contribution is 0.543. The molecule has 1 fully saturated rings. The molecule has 102 valence electrons. The van der Waals surface area contributed by atoms with E-state index in [0.717, 1.165) is 17.1 Å². The predicted octanol–water partition coefficient (Wildman–Crippen LogP) is 1.72.